The summed E-state index contributed by atoms with van der Waals surface area (Å²) in [6.45, 7) is 6.02. The Hall–Kier alpha value is -2.39. The Labute approximate surface area is 142 Å². The van der Waals surface area contributed by atoms with Crippen LogP contribution in [0.25, 0.3) is 11.1 Å². The van der Waals surface area contributed by atoms with Gasteiger partial charge in [0.05, 0.1) is 5.69 Å². The zero-order valence-electron chi connectivity index (χ0n) is 14.4. The molecule has 2 heterocycles. The van der Waals surface area contributed by atoms with Crippen LogP contribution in [0.5, 0.6) is 0 Å². The Kier molecular flexibility index (Phi) is 3.73. The van der Waals surface area contributed by atoms with Crippen LogP contribution >= 0.6 is 0 Å². The second-order valence-electron chi connectivity index (χ2n) is 6.77. The molecule has 0 saturated carbocycles. The highest BCUT2D eigenvalue weighted by molar-refractivity contribution is 5.69. The van der Waals surface area contributed by atoms with Crippen molar-refractivity contribution in [2.24, 2.45) is 0 Å². The van der Waals surface area contributed by atoms with Gasteiger partial charge in [-0.25, -0.2) is 0 Å². The number of likely N-dealkylation sites (N-methyl/N-ethyl adjacent to an activating group) is 1. The van der Waals surface area contributed by atoms with E-state index in [1.807, 2.05) is 13.8 Å². The fourth-order valence-corrected chi connectivity index (χ4v) is 3.87. The number of aryl methyl sites for hydroxylation is 2. The summed E-state index contributed by atoms with van der Waals surface area (Å²) in [6.07, 6.45) is 0. The molecule has 0 aliphatic carbocycles. The van der Waals surface area contributed by atoms with Crippen molar-refractivity contribution in [1.29, 1.82) is 0 Å². The SMILES string of the molecule is Cc1noc(C)c1-c1ccc2c(c1)CN(C)C[C@H]2c1ccccc1. The molecule has 1 aliphatic rings. The lowest BCUT2D eigenvalue weighted by Gasteiger charge is -2.33. The van der Waals surface area contributed by atoms with E-state index in [0.29, 0.717) is 5.92 Å². The molecule has 3 aromatic rings. The second kappa shape index (κ2) is 5.91. The molecule has 0 spiro atoms. The molecule has 122 valence electrons. The number of rotatable bonds is 2. The molecule has 0 saturated heterocycles. The van der Waals surface area contributed by atoms with Gasteiger partial charge in [-0.3, -0.25) is 0 Å². The average molecular weight is 318 g/mol. The Morgan fingerprint density at radius 3 is 2.58 bits per heavy atom. The third kappa shape index (κ3) is 2.55. The maximum absolute atomic E-state index is 5.34. The third-order valence-electron chi connectivity index (χ3n) is 4.98. The quantitative estimate of drug-likeness (QED) is 0.695. The summed E-state index contributed by atoms with van der Waals surface area (Å²) in [7, 11) is 2.20. The van der Waals surface area contributed by atoms with Crippen molar-refractivity contribution in [2.75, 3.05) is 13.6 Å². The molecule has 3 heteroatoms. The summed E-state index contributed by atoms with van der Waals surface area (Å²) in [5.74, 6) is 1.31. The topological polar surface area (TPSA) is 29.3 Å². The minimum Gasteiger partial charge on any atom is -0.361 e. The van der Waals surface area contributed by atoms with Gasteiger partial charge in [-0.05, 0) is 49.2 Å². The van der Waals surface area contributed by atoms with Gasteiger partial charge in [-0.15, -0.1) is 0 Å². The van der Waals surface area contributed by atoms with Crippen LogP contribution < -0.4 is 0 Å². The van der Waals surface area contributed by atoms with E-state index in [1.54, 1.807) is 0 Å². The molecule has 1 aliphatic heterocycles. The highest BCUT2D eigenvalue weighted by atomic mass is 16.5. The first-order valence-corrected chi connectivity index (χ1v) is 8.43. The van der Waals surface area contributed by atoms with Crippen LogP contribution in [0.1, 0.15) is 34.1 Å². The third-order valence-corrected chi connectivity index (χ3v) is 4.98. The predicted octanol–water partition coefficient (Wildman–Crippen LogP) is 4.54. The summed E-state index contributed by atoms with van der Waals surface area (Å²) < 4.78 is 5.34. The number of hydrogen-bond donors (Lipinski definition) is 0. The van der Waals surface area contributed by atoms with E-state index in [-0.39, 0.29) is 0 Å². The van der Waals surface area contributed by atoms with Gasteiger partial charge in [-0.1, -0.05) is 47.6 Å². The molecule has 0 fully saturated rings. The van der Waals surface area contributed by atoms with Crippen molar-refractivity contribution in [2.45, 2.75) is 26.3 Å². The first-order chi connectivity index (χ1) is 11.6. The Morgan fingerprint density at radius 1 is 1.08 bits per heavy atom. The Balaban J connectivity index is 1.80. The maximum Gasteiger partial charge on any atom is 0.141 e. The highest BCUT2D eigenvalue weighted by Gasteiger charge is 2.25. The molecule has 24 heavy (non-hydrogen) atoms. The van der Waals surface area contributed by atoms with E-state index in [2.05, 4.69) is 65.6 Å². The first-order valence-electron chi connectivity index (χ1n) is 8.43. The van der Waals surface area contributed by atoms with Crippen molar-refractivity contribution >= 4 is 0 Å². The fourth-order valence-electron chi connectivity index (χ4n) is 3.87. The van der Waals surface area contributed by atoms with Gasteiger partial charge < -0.3 is 9.42 Å². The molecule has 1 atom stereocenters. The van der Waals surface area contributed by atoms with E-state index in [9.17, 15) is 0 Å². The lowest BCUT2D eigenvalue weighted by Crippen LogP contribution is -2.31. The van der Waals surface area contributed by atoms with Gasteiger partial charge in [0.15, 0.2) is 0 Å². The number of hydrogen-bond acceptors (Lipinski definition) is 3. The second-order valence-corrected chi connectivity index (χ2v) is 6.77. The smallest absolute Gasteiger partial charge is 0.141 e. The first kappa shape index (κ1) is 15.2. The summed E-state index contributed by atoms with van der Waals surface area (Å²) in [5, 5.41) is 4.10. The number of nitrogens with zero attached hydrogens (tertiary/aromatic N) is 2. The molecule has 0 amide bonds. The number of fused-ring (bicyclic) bond motifs is 1. The molecular weight excluding hydrogens is 296 g/mol. The normalized spacial score (nSPS) is 17.7. The van der Waals surface area contributed by atoms with Crippen LogP contribution in [-0.2, 0) is 6.54 Å². The number of aromatic nitrogens is 1. The highest BCUT2D eigenvalue weighted by Crippen LogP contribution is 2.36. The summed E-state index contributed by atoms with van der Waals surface area (Å²) in [5.41, 5.74) is 7.51. The van der Waals surface area contributed by atoms with Crippen molar-refractivity contribution in [3.05, 3.63) is 76.7 Å². The summed E-state index contributed by atoms with van der Waals surface area (Å²) >= 11 is 0. The van der Waals surface area contributed by atoms with Crippen LogP contribution in [0.3, 0.4) is 0 Å². The molecule has 0 radical (unpaired) electrons. The lowest BCUT2D eigenvalue weighted by molar-refractivity contribution is 0.295. The van der Waals surface area contributed by atoms with Crippen LogP contribution in [-0.4, -0.2) is 23.6 Å². The van der Waals surface area contributed by atoms with Gasteiger partial charge in [0.25, 0.3) is 0 Å². The monoisotopic (exact) mass is 318 g/mol. The minimum absolute atomic E-state index is 0.429. The van der Waals surface area contributed by atoms with Gasteiger partial charge in [0, 0.05) is 24.6 Å². The molecule has 1 aromatic heterocycles. The van der Waals surface area contributed by atoms with E-state index >= 15 is 0 Å². The molecule has 2 aromatic carbocycles. The molecule has 0 N–H and O–H groups in total. The van der Waals surface area contributed by atoms with Gasteiger partial charge >= 0.3 is 0 Å². The Bertz CT molecular complexity index is 847. The van der Waals surface area contributed by atoms with Crippen LogP contribution in [0, 0.1) is 13.8 Å². The van der Waals surface area contributed by atoms with Crippen LogP contribution in [0.2, 0.25) is 0 Å². The maximum atomic E-state index is 5.34. The van der Waals surface area contributed by atoms with Crippen molar-refractivity contribution in [3.8, 4) is 11.1 Å². The number of benzene rings is 2. The molecule has 3 nitrogen and oxygen atoms in total. The van der Waals surface area contributed by atoms with Crippen LogP contribution in [0.4, 0.5) is 0 Å². The summed E-state index contributed by atoms with van der Waals surface area (Å²) in [6, 6.07) is 17.6. The molecular formula is C21H22N2O. The molecule has 0 bridgehead atoms. The zero-order chi connectivity index (χ0) is 16.7. The fraction of sp³-hybridized carbons (Fsp3) is 0.286. The minimum atomic E-state index is 0.429. The van der Waals surface area contributed by atoms with Gasteiger partial charge in [0.2, 0.25) is 0 Å². The van der Waals surface area contributed by atoms with Gasteiger partial charge in [0.1, 0.15) is 5.76 Å². The van der Waals surface area contributed by atoms with Crippen LogP contribution in [0.15, 0.2) is 53.1 Å². The van der Waals surface area contributed by atoms with E-state index in [1.165, 1.54) is 22.3 Å². The molecule has 0 unspecified atom stereocenters. The summed E-state index contributed by atoms with van der Waals surface area (Å²) in [4.78, 5) is 2.40. The zero-order valence-corrected chi connectivity index (χ0v) is 14.4. The molecule has 4 rings (SSSR count). The van der Waals surface area contributed by atoms with Crippen molar-refractivity contribution in [1.82, 2.24) is 10.1 Å². The average Bonchev–Trinajstić information content (AvgIpc) is 2.93. The van der Waals surface area contributed by atoms with Crippen molar-refractivity contribution < 1.29 is 4.52 Å². The predicted molar refractivity (Wildman–Crippen MR) is 96.0 cm³/mol. The van der Waals surface area contributed by atoms with E-state index < -0.39 is 0 Å². The van der Waals surface area contributed by atoms with E-state index in [0.717, 1.165) is 30.1 Å². The van der Waals surface area contributed by atoms with E-state index in [4.69, 9.17) is 4.52 Å². The largest absolute Gasteiger partial charge is 0.361 e. The van der Waals surface area contributed by atoms with Crippen molar-refractivity contribution in [3.63, 3.8) is 0 Å². The Morgan fingerprint density at radius 2 is 1.88 bits per heavy atom. The lowest BCUT2D eigenvalue weighted by atomic mass is 9.83. The standard InChI is InChI=1S/C21H22N2O/c1-14-21(15(2)24-22-14)17-9-10-19-18(11-17)12-23(3)13-20(19)16-7-5-4-6-8-16/h4-11,20H,12-13H2,1-3H3/t20-/m0/s1. The van der Waals surface area contributed by atoms with Gasteiger partial charge in [-0.2, -0.15) is 0 Å².